The lowest BCUT2D eigenvalue weighted by molar-refractivity contribution is 0.0734. The number of benzene rings is 3. The van der Waals surface area contributed by atoms with Gasteiger partial charge in [0.05, 0.1) is 11.1 Å². The maximum atomic E-state index is 12.6. The average Bonchev–Trinajstić information content (AvgIpc) is 2.80. The zero-order valence-corrected chi connectivity index (χ0v) is 18.5. The summed E-state index contributed by atoms with van der Waals surface area (Å²) in [6.45, 7) is 6.51. The van der Waals surface area contributed by atoms with E-state index in [0.717, 1.165) is 42.4 Å². The Kier molecular flexibility index (Phi) is 7.62. The summed E-state index contributed by atoms with van der Waals surface area (Å²) in [7, 11) is 0. The molecule has 0 fully saturated rings. The Bertz CT molecular complexity index is 1060. The van der Waals surface area contributed by atoms with Crippen LogP contribution in [0.5, 0.6) is 5.75 Å². The molecule has 3 aromatic carbocycles. The zero-order valence-electron chi connectivity index (χ0n) is 18.5. The van der Waals surface area contributed by atoms with Crippen molar-refractivity contribution in [2.75, 3.05) is 0 Å². The fraction of sp³-hybridized carbons (Fsp3) is 0.286. The Hall–Kier alpha value is -3.38. The third-order valence-corrected chi connectivity index (χ3v) is 5.59. The lowest BCUT2D eigenvalue weighted by atomic mass is 9.97. The van der Waals surface area contributed by atoms with Gasteiger partial charge in [0.2, 0.25) is 0 Å². The number of nitrogens with zero attached hydrogens (tertiary/aromatic N) is 1. The van der Waals surface area contributed by atoms with Gasteiger partial charge in [-0.15, -0.1) is 0 Å². The van der Waals surface area contributed by atoms with Gasteiger partial charge in [-0.2, -0.15) is 5.26 Å². The third kappa shape index (κ3) is 5.83. The van der Waals surface area contributed by atoms with Crippen LogP contribution in [0.2, 0.25) is 0 Å². The minimum absolute atomic E-state index is 0.302. The van der Waals surface area contributed by atoms with Gasteiger partial charge >= 0.3 is 5.97 Å². The smallest absolute Gasteiger partial charge is 0.343 e. The summed E-state index contributed by atoms with van der Waals surface area (Å²) >= 11 is 0. The number of aryl methyl sites for hydroxylation is 1. The predicted molar refractivity (Wildman–Crippen MR) is 125 cm³/mol. The molecule has 31 heavy (non-hydrogen) atoms. The summed E-state index contributed by atoms with van der Waals surface area (Å²) < 4.78 is 5.54. The molecule has 0 radical (unpaired) electrons. The first-order valence-corrected chi connectivity index (χ1v) is 11.0. The van der Waals surface area contributed by atoms with E-state index in [1.165, 1.54) is 5.56 Å². The van der Waals surface area contributed by atoms with Crippen molar-refractivity contribution in [1.29, 1.82) is 5.26 Å². The second kappa shape index (κ2) is 10.6. The molecular weight excluding hydrogens is 382 g/mol. The average molecular weight is 412 g/mol. The van der Waals surface area contributed by atoms with Crippen molar-refractivity contribution in [3.8, 4) is 22.9 Å². The van der Waals surface area contributed by atoms with Gasteiger partial charge in [0, 0.05) is 0 Å². The Balaban J connectivity index is 1.71. The highest BCUT2D eigenvalue weighted by molar-refractivity contribution is 5.92. The van der Waals surface area contributed by atoms with Crippen molar-refractivity contribution in [2.45, 2.75) is 46.5 Å². The van der Waals surface area contributed by atoms with Crippen molar-refractivity contribution < 1.29 is 9.53 Å². The van der Waals surface area contributed by atoms with Crippen LogP contribution >= 0.6 is 0 Å². The van der Waals surface area contributed by atoms with Crippen molar-refractivity contribution in [1.82, 2.24) is 0 Å². The number of ether oxygens (including phenoxy) is 1. The quantitative estimate of drug-likeness (QED) is 0.296. The van der Waals surface area contributed by atoms with Gasteiger partial charge in [-0.05, 0) is 65.3 Å². The molecule has 3 nitrogen and oxygen atoms in total. The third-order valence-electron chi connectivity index (χ3n) is 5.59. The Morgan fingerprint density at radius 2 is 1.55 bits per heavy atom. The van der Waals surface area contributed by atoms with Crippen LogP contribution in [0, 0.1) is 17.2 Å². The molecule has 0 bridgehead atoms. The van der Waals surface area contributed by atoms with Crippen molar-refractivity contribution in [3.63, 3.8) is 0 Å². The summed E-state index contributed by atoms with van der Waals surface area (Å²) in [5.74, 6) is 0.383. The van der Waals surface area contributed by atoms with Crippen molar-refractivity contribution in [2.24, 2.45) is 5.92 Å². The molecule has 0 aliphatic rings. The molecule has 0 N–H and O–H groups in total. The molecular formula is C28H29NO2. The minimum Gasteiger partial charge on any atom is -0.422 e. The van der Waals surface area contributed by atoms with Gasteiger partial charge in [0.15, 0.2) is 0 Å². The van der Waals surface area contributed by atoms with Crippen LogP contribution < -0.4 is 4.74 Å². The molecule has 3 heteroatoms. The number of esters is 1. The highest BCUT2D eigenvalue weighted by atomic mass is 16.5. The number of nitriles is 1. The number of hydrogen-bond donors (Lipinski definition) is 0. The lowest BCUT2D eigenvalue weighted by Gasteiger charge is -2.11. The molecule has 0 amide bonds. The molecule has 0 saturated heterocycles. The van der Waals surface area contributed by atoms with Gasteiger partial charge < -0.3 is 4.74 Å². The van der Waals surface area contributed by atoms with Gasteiger partial charge in [0.25, 0.3) is 0 Å². The molecule has 0 aliphatic carbocycles. The summed E-state index contributed by atoms with van der Waals surface area (Å²) in [5.41, 5.74) is 5.42. The summed E-state index contributed by atoms with van der Waals surface area (Å²) in [6.07, 6.45) is 4.19. The van der Waals surface area contributed by atoms with Gasteiger partial charge in [0.1, 0.15) is 11.8 Å². The molecule has 3 aromatic rings. The van der Waals surface area contributed by atoms with Crippen molar-refractivity contribution in [3.05, 3.63) is 89.0 Å². The first-order valence-electron chi connectivity index (χ1n) is 11.0. The molecule has 0 aromatic heterocycles. The molecule has 158 valence electrons. The maximum Gasteiger partial charge on any atom is 0.343 e. The fourth-order valence-electron chi connectivity index (χ4n) is 3.54. The topological polar surface area (TPSA) is 50.1 Å². The fourth-order valence-corrected chi connectivity index (χ4v) is 3.54. The number of carbonyl (C=O) groups excluding carboxylic acids is 1. The van der Waals surface area contributed by atoms with Crippen LogP contribution in [0.4, 0.5) is 0 Å². The molecule has 1 atom stereocenters. The van der Waals surface area contributed by atoms with Crippen LogP contribution in [-0.2, 0) is 12.8 Å². The minimum atomic E-state index is -0.462. The summed E-state index contributed by atoms with van der Waals surface area (Å²) in [5, 5.41) is 9.49. The Morgan fingerprint density at radius 1 is 0.935 bits per heavy atom. The van der Waals surface area contributed by atoms with E-state index in [4.69, 9.17) is 4.74 Å². The van der Waals surface area contributed by atoms with E-state index in [-0.39, 0.29) is 0 Å². The second-order valence-corrected chi connectivity index (χ2v) is 8.07. The molecule has 0 spiro atoms. The van der Waals surface area contributed by atoms with Crippen LogP contribution in [0.15, 0.2) is 66.7 Å². The number of rotatable bonds is 8. The summed E-state index contributed by atoms with van der Waals surface area (Å²) in [4.78, 5) is 12.6. The van der Waals surface area contributed by atoms with E-state index < -0.39 is 5.97 Å². The highest BCUT2D eigenvalue weighted by Crippen LogP contribution is 2.24. The van der Waals surface area contributed by atoms with E-state index in [1.54, 1.807) is 18.2 Å². The van der Waals surface area contributed by atoms with Gasteiger partial charge in [-0.1, -0.05) is 76.1 Å². The summed E-state index contributed by atoms with van der Waals surface area (Å²) in [6, 6.07) is 23.5. The maximum absolute atomic E-state index is 12.6. The molecule has 3 rings (SSSR count). The first-order chi connectivity index (χ1) is 15.0. The van der Waals surface area contributed by atoms with E-state index in [0.29, 0.717) is 22.8 Å². The Labute approximate surface area is 185 Å². The number of hydrogen-bond acceptors (Lipinski definition) is 3. The van der Waals surface area contributed by atoms with E-state index in [9.17, 15) is 10.1 Å². The first kappa shape index (κ1) is 22.3. The monoisotopic (exact) mass is 411 g/mol. The van der Waals surface area contributed by atoms with Crippen LogP contribution in [0.1, 0.15) is 60.7 Å². The van der Waals surface area contributed by atoms with E-state index >= 15 is 0 Å². The van der Waals surface area contributed by atoms with Crippen LogP contribution in [-0.4, -0.2) is 5.97 Å². The van der Waals surface area contributed by atoms with E-state index in [2.05, 4.69) is 51.1 Å². The Morgan fingerprint density at radius 3 is 2.13 bits per heavy atom. The number of carbonyl (C=O) groups is 1. The lowest BCUT2D eigenvalue weighted by Crippen LogP contribution is -2.09. The van der Waals surface area contributed by atoms with E-state index in [1.807, 2.05) is 24.3 Å². The second-order valence-electron chi connectivity index (χ2n) is 8.07. The normalized spacial score (nSPS) is 11.5. The SMILES string of the molecule is CCCc1ccc(-c2ccc(C(=O)Oc3ccc(CC(C)CC)cc3C#N)cc2)cc1. The van der Waals surface area contributed by atoms with Crippen molar-refractivity contribution >= 4 is 5.97 Å². The van der Waals surface area contributed by atoms with Crippen LogP contribution in [0.25, 0.3) is 11.1 Å². The predicted octanol–water partition coefficient (Wildman–Crippen LogP) is 6.99. The molecule has 0 saturated carbocycles. The largest absolute Gasteiger partial charge is 0.422 e. The molecule has 0 aliphatic heterocycles. The zero-order chi connectivity index (χ0) is 22.2. The molecule has 0 heterocycles. The van der Waals surface area contributed by atoms with Crippen LogP contribution in [0.3, 0.4) is 0 Å². The van der Waals surface area contributed by atoms with Gasteiger partial charge in [-0.25, -0.2) is 4.79 Å². The molecule has 1 unspecified atom stereocenters. The van der Waals surface area contributed by atoms with Gasteiger partial charge in [-0.3, -0.25) is 0 Å². The highest BCUT2D eigenvalue weighted by Gasteiger charge is 2.13. The standard InChI is InChI=1S/C28H29NO2/c1-4-6-21-7-10-23(11-8-21)24-12-14-25(15-13-24)28(30)31-27-16-9-22(17-20(3)5-2)18-26(27)19-29/h7-16,18,20H,4-6,17H2,1-3H3.